The molecule has 0 spiro atoms. The predicted octanol–water partition coefficient (Wildman–Crippen LogP) is 5.57. The molecular formula is C24H30Cl2N2O2. The summed E-state index contributed by atoms with van der Waals surface area (Å²) in [6, 6.07) is 12.5. The average molecular weight is 449 g/mol. The van der Waals surface area contributed by atoms with Crippen molar-refractivity contribution in [3.63, 3.8) is 0 Å². The molecule has 0 heterocycles. The van der Waals surface area contributed by atoms with Gasteiger partial charge in [-0.3, -0.25) is 9.59 Å². The summed E-state index contributed by atoms with van der Waals surface area (Å²) in [5, 5.41) is 3.99. The van der Waals surface area contributed by atoms with Crippen LogP contribution in [0.25, 0.3) is 0 Å². The lowest BCUT2D eigenvalue weighted by molar-refractivity contribution is -0.141. The van der Waals surface area contributed by atoms with Crippen molar-refractivity contribution in [2.75, 3.05) is 0 Å². The standard InChI is InChI=1S/C24H30Cl2N2O2/c1-5-17(4)27-24(30)22(6-2)28(15-19-10-8-7-9-16(19)3)23(29)13-18-11-12-20(25)14-21(18)26/h7-12,14,17,22H,5-6,13,15H2,1-4H3,(H,27,30)/t17-,22-/m0/s1. The molecule has 2 amide bonds. The normalized spacial score (nSPS) is 12.9. The first-order valence-corrected chi connectivity index (χ1v) is 11.1. The van der Waals surface area contributed by atoms with Crippen LogP contribution in [0.2, 0.25) is 10.0 Å². The zero-order valence-electron chi connectivity index (χ0n) is 18.0. The van der Waals surface area contributed by atoms with Gasteiger partial charge in [-0.25, -0.2) is 0 Å². The van der Waals surface area contributed by atoms with Gasteiger partial charge in [0.05, 0.1) is 6.42 Å². The quantitative estimate of drug-likeness (QED) is 0.545. The molecule has 4 nitrogen and oxygen atoms in total. The van der Waals surface area contributed by atoms with E-state index in [1.54, 1.807) is 23.1 Å². The van der Waals surface area contributed by atoms with E-state index < -0.39 is 6.04 Å². The Labute approximate surface area is 189 Å². The minimum atomic E-state index is -0.558. The number of nitrogens with one attached hydrogen (secondary N) is 1. The number of aryl methyl sites for hydroxylation is 1. The molecule has 0 aliphatic carbocycles. The van der Waals surface area contributed by atoms with Gasteiger partial charge in [-0.05, 0) is 55.5 Å². The molecular weight excluding hydrogens is 419 g/mol. The summed E-state index contributed by atoms with van der Waals surface area (Å²) in [6.07, 6.45) is 1.46. The van der Waals surface area contributed by atoms with Crippen molar-refractivity contribution in [2.45, 2.75) is 65.6 Å². The van der Waals surface area contributed by atoms with E-state index in [4.69, 9.17) is 23.2 Å². The van der Waals surface area contributed by atoms with Gasteiger partial charge in [-0.1, -0.05) is 67.4 Å². The second-order valence-corrected chi connectivity index (χ2v) is 8.45. The fraction of sp³-hybridized carbons (Fsp3) is 0.417. The summed E-state index contributed by atoms with van der Waals surface area (Å²) in [5.74, 6) is -0.274. The summed E-state index contributed by atoms with van der Waals surface area (Å²) in [6.45, 7) is 8.28. The molecule has 0 saturated carbocycles. The highest BCUT2D eigenvalue weighted by molar-refractivity contribution is 6.35. The van der Waals surface area contributed by atoms with E-state index in [0.29, 0.717) is 28.6 Å². The molecule has 2 aromatic rings. The molecule has 0 saturated heterocycles. The van der Waals surface area contributed by atoms with E-state index in [0.717, 1.165) is 17.5 Å². The predicted molar refractivity (Wildman–Crippen MR) is 124 cm³/mol. The lowest BCUT2D eigenvalue weighted by atomic mass is 10.0. The minimum Gasteiger partial charge on any atom is -0.352 e. The van der Waals surface area contributed by atoms with Gasteiger partial charge in [-0.15, -0.1) is 0 Å². The maximum Gasteiger partial charge on any atom is 0.243 e. The number of hydrogen-bond donors (Lipinski definition) is 1. The van der Waals surface area contributed by atoms with E-state index in [-0.39, 0.29) is 24.3 Å². The fourth-order valence-electron chi connectivity index (χ4n) is 3.26. The highest BCUT2D eigenvalue weighted by Crippen LogP contribution is 2.23. The Kier molecular flexibility index (Phi) is 9.19. The van der Waals surface area contributed by atoms with Crippen LogP contribution in [0, 0.1) is 6.92 Å². The van der Waals surface area contributed by atoms with Crippen LogP contribution in [-0.2, 0) is 22.6 Å². The van der Waals surface area contributed by atoms with Crippen LogP contribution < -0.4 is 5.32 Å². The van der Waals surface area contributed by atoms with E-state index >= 15 is 0 Å². The lowest BCUT2D eigenvalue weighted by Gasteiger charge is -2.32. The van der Waals surface area contributed by atoms with E-state index in [2.05, 4.69) is 5.32 Å². The van der Waals surface area contributed by atoms with Gasteiger partial charge < -0.3 is 10.2 Å². The topological polar surface area (TPSA) is 49.4 Å². The lowest BCUT2D eigenvalue weighted by Crippen LogP contribution is -2.51. The Morgan fingerprint density at radius 1 is 1.03 bits per heavy atom. The zero-order valence-corrected chi connectivity index (χ0v) is 19.6. The fourth-order valence-corrected chi connectivity index (χ4v) is 3.74. The number of halogens is 2. The van der Waals surface area contributed by atoms with Crippen molar-refractivity contribution in [1.29, 1.82) is 0 Å². The average Bonchev–Trinajstić information content (AvgIpc) is 2.71. The summed E-state index contributed by atoms with van der Waals surface area (Å²) in [5.41, 5.74) is 2.79. The first-order valence-electron chi connectivity index (χ1n) is 10.3. The SMILES string of the molecule is CC[C@H](C)NC(=O)[C@H](CC)N(Cc1ccccc1C)C(=O)Cc1ccc(Cl)cc1Cl. The summed E-state index contributed by atoms with van der Waals surface area (Å²) in [4.78, 5) is 28.0. The van der Waals surface area contributed by atoms with Crippen LogP contribution in [0.3, 0.4) is 0 Å². The van der Waals surface area contributed by atoms with Gasteiger partial charge in [0.1, 0.15) is 6.04 Å². The van der Waals surface area contributed by atoms with Gasteiger partial charge in [-0.2, -0.15) is 0 Å². The molecule has 2 aromatic carbocycles. The van der Waals surface area contributed by atoms with Crippen LogP contribution in [0.4, 0.5) is 0 Å². The molecule has 30 heavy (non-hydrogen) atoms. The van der Waals surface area contributed by atoms with Crippen LogP contribution >= 0.6 is 23.2 Å². The van der Waals surface area contributed by atoms with Gasteiger partial charge in [0.2, 0.25) is 11.8 Å². The summed E-state index contributed by atoms with van der Waals surface area (Å²) >= 11 is 12.3. The number of benzene rings is 2. The van der Waals surface area contributed by atoms with Gasteiger partial charge in [0.25, 0.3) is 0 Å². The van der Waals surface area contributed by atoms with Crippen LogP contribution in [0.5, 0.6) is 0 Å². The number of amides is 2. The third kappa shape index (κ3) is 6.48. The van der Waals surface area contributed by atoms with E-state index in [9.17, 15) is 9.59 Å². The third-order valence-electron chi connectivity index (χ3n) is 5.35. The number of carbonyl (C=O) groups excluding carboxylic acids is 2. The Morgan fingerprint density at radius 2 is 1.73 bits per heavy atom. The Balaban J connectivity index is 2.34. The van der Waals surface area contributed by atoms with Crippen LogP contribution in [0.15, 0.2) is 42.5 Å². The molecule has 0 aliphatic heterocycles. The molecule has 0 aliphatic rings. The largest absolute Gasteiger partial charge is 0.352 e. The molecule has 2 atom stereocenters. The molecule has 0 aromatic heterocycles. The Bertz CT molecular complexity index is 885. The third-order valence-corrected chi connectivity index (χ3v) is 5.93. The van der Waals surface area contributed by atoms with Crippen molar-refractivity contribution >= 4 is 35.0 Å². The number of hydrogen-bond acceptors (Lipinski definition) is 2. The van der Waals surface area contributed by atoms with E-state index in [1.165, 1.54) is 0 Å². The smallest absolute Gasteiger partial charge is 0.243 e. The maximum atomic E-state index is 13.4. The van der Waals surface area contributed by atoms with Crippen molar-refractivity contribution in [2.24, 2.45) is 0 Å². The second kappa shape index (κ2) is 11.4. The number of rotatable bonds is 9. The molecule has 0 fully saturated rings. The van der Waals surface area contributed by atoms with Gasteiger partial charge >= 0.3 is 0 Å². The Hall–Kier alpha value is -2.04. The molecule has 2 rings (SSSR count). The summed E-state index contributed by atoms with van der Waals surface area (Å²) in [7, 11) is 0. The van der Waals surface area contributed by atoms with Crippen molar-refractivity contribution < 1.29 is 9.59 Å². The first-order chi connectivity index (χ1) is 14.3. The second-order valence-electron chi connectivity index (χ2n) is 7.60. The molecule has 0 radical (unpaired) electrons. The number of nitrogens with zero attached hydrogens (tertiary/aromatic N) is 1. The van der Waals surface area contributed by atoms with Gasteiger partial charge in [0.15, 0.2) is 0 Å². The first kappa shape index (κ1) is 24.2. The molecule has 6 heteroatoms. The minimum absolute atomic E-state index is 0.0488. The zero-order chi connectivity index (χ0) is 22.3. The summed E-state index contributed by atoms with van der Waals surface area (Å²) < 4.78 is 0. The molecule has 0 unspecified atom stereocenters. The van der Waals surface area contributed by atoms with Crippen LogP contribution in [0.1, 0.15) is 50.3 Å². The highest BCUT2D eigenvalue weighted by atomic mass is 35.5. The molecule has 162 valence electrons. The van der Waals surface area contributed by atoms with Crippen LogP contribution in [-0.4, -0.2) is 28.8 Å². The molecule has 1 N–H and O–H groups in total. The van der Waals surface area contributed by atoms with Crippen molar-refractivity contribution in [1.82, 2.24) is 10.2 Å². The molecule has 0 bridgehead atoms. The monoisotopic (exact) mass is 448 g/mol. The van der Waals surface area contributed by atoms with Crippen molar-refractivity contribution in [3.8, 4) is 0 Å². The highest BCUT2D eigenvalue weighted by Gasteiger charge is 2.29. The number of carbonyl (C=O) groups is 2. The Morgan fingerprint density at radius 3 is 2.33 bits per heavy atom. The van der Waals surface area contributed by atoms with Gasteiger partial charge in [0, 0.05) is 22.6 Å². The van der Waals surface area contributed by atoms with Crippen molar-refractivity contribution in [3.05, 3.63) is 69.2 Å². The van der Waals surface area contributed by atoms with E-state index in [1.807, 2.05) is 52.0 Å². The maximum absolute atomic E-state index is 13.4.